The molecule has 5 rings (SSSR count). The van der Waals surface area contributed by atoms with Gasteiger partial charge in [0.1, 0.15) is 11.6 Å². The number of para-hydroxylation sites is 1. The number of thioether (sulfide) groups is 1. The van der Waals surface area contributed by atoms with E-state index in [0.717, 1.165) is 53.8 Å². The summed E-state index contributed by atoms with van der Waals surface area (Å²) in [6.45, 7) is 3.11. The summed E-state index contributed by atoms with van der Waals surface area (Å²) < 4.78 is 5.52. The molecule has 2 aliphatic rings. The van der Waals surface area contributed by atoms with Crippen LogP contribution in [0, 0.1) is 0 Å². The highest BCUT2D eigenvalue weighted by atomic mass is 32.2. The number of morpholine rings is 1. The van der Waals surface area contributed by atoms with Crippen molar-refractivity contribution in [3.63, 3.8) is 0 Å². The molecule has 0 spiro atoms. The maximum absolute atomic E-state index is 12.2. The number of aromatic nitrogens is 3. The van der Waals surface area contributed by atoms with Gasteiger partial charge in [-0.25, -0.2) is 19.7 Å². The molecule has 2 aliphatic heterocycles. The molecule has 3 aromatic rings. The zero-order chi connectivity index (χ0) is 21.8. The molecule has 2 N–H and O–H groups in total. The van der Waals surface area contributed by atoms with E-state index in [1.165, 1.54) is 5.56 Å². The molecule has 1 saturated heterocycles. The van der Waals surface area contributed by atoms with Crippen LogP contribution >= 0.6 is 11.8 Å². The van der Waals surface area contributed by atoms with Gasteiger partial charge >= 0.3 is 6.03 Å². The number of hydrogen-bond donors (Lipinski definition) is 2. The molecule has 4 heterocycles. The van der Waals surface area contributed by atoms with Gasteiger partial charge in [0.2, 0.25) is 0 Å². The third-order valence-electron chi connectivity index (χ3n) is 5.41. The first-order valence-corrected chi connectivity index (χ1v) is 11.8. The molecule has 0 saturated carbocycles. The highest BCUT2D eigenvalue weighted by molar-refractivity contribution is 7.98. The average Bonchev–Trinajstić information content (AvgIpc) is 2.85. The SMILES string of the molecule is O=C(Nc1ccccc1)Nc1ccc(-c2nc3c(c(N4CCOCC4)n2)CSCC3)cn1. The zero-order valence-corrected chi connectivity index (χ0v) is 18.4. The van der Waals surface area contributed by atoms with E-state index in [1.54, 1.807) is 12.3 Å². The largest absolute Gasteiger partial charge is 0.378 e. The summed E-state index contributed by atoms with van der Waals surface area (Å²) in [5, 5.41) is 5.54. The number of nitrogens with one attached hydrogen (secondary N) is 2. The molecule has 1 aromatic carbocycles. The molecule has 2 aromatic heterocycles. The predicted octanol–water partition coefficient (Wildman–Crippen LogP) is 3.81. The number of fused-ring (bicyclic) bond motifs is 1. The summed E-state index contributed by atoms with van der Waals surface area (Å²) in [5.74, 6) is 4.17. The molecule has 32 heavy (non-hydrogen) atoms. The number of rotatable bonds is 4. The minimum absolute atomic E-state index is 0.339. The standard InChI is InChI=1S/C23H24N6O2S/c30-23(25-17-4-2-1-3-5-17)27-20-7-6-16(14-24-20)21-26-19-8-13-32-15-18(19)22(28-21)29-9-11-31-12-10-29/h1-7,14H,8-13,15H2,(H2,24,25,27,30). The van der Waals surface area contributed by atoms with Gasteiger partial charge in [-0.2, -0.15) is 11.8 Å². The van der Waals surface area contributed by atoms with Crippen molar-refractivity contribution in [1.29, 1.82) is 0 Å². The monoisotopic (exact) mass is 448 g/mol. The van der Waals surface area contributed by atoms with Gasteiger partial charge in [0.05, 0.1) is 18.9 Å². The van der Waals surface area contributed by atoms with E-state index in [-0.39, 0.29) is 6.03 Å². The second-order valence-corrected chi connectivity index (χ2v) is 8.68. The number of urea groups is 1. The Labute approximate surface area is 190 Å². The maximum Gasteiger partial charge on any atom is 0.324 e. The van der Waals surface area contributed by atoms with Crippen molar-refractivity contribution >= 4 is 35.1 Å². The van der Waals surface area contributed by atoms with Gasteiger partial charge in [0.15, 0.2) is 5.82 Å². The summed E-state index contributed by atoms with van der Waals surface area (Å²) >= 11 is 1.93. The van der Waals surface area contributed by atoms with E-state index in [0.29, 0.717) is 24.9 Å². The summed E-state index contributed by atoms with van der Waals surface area (Å²) in [6, 6.07) is 12.6. The van der Waals surface area contributed by atoms with Gasteiger partial charge in [0, 0.05) is 41.9 Å². The summed E-state index contributed by atoms with van der Waals surface area (Å²) in [4.78, 5) is 28.7. The number of nitrogens with zero attached hydrogens (tertiary/aromatic N) is 4. The summed E-state index contributed by atoms with van der Waals surface area (Å²) in [7, 11) is 0. The van der Waals surface area contributed by atoms with Crippen LogP contribution in [0.1, 0.15) is 11.3 Å². The van der Waals surface area contributed by atoms with Crippen LogP contribution in [-0.2, 0) is 16.9 Å². The van der Waals surface area contributed by atoms with Gasteiger partial charge < -0.3 is 15.0 Å². The average molecular weight is 449 g/mol. The minimum atomic E-state index is -0.339. The Kier molecular flexibility index (Phi) is 6.17. The van der Waals surface area contributed by atoms with Crippen molar-refractivity contribution in [1.82, 2.24) is 15.0 Å². The fourth-order valence-electron chi connectivity index (χ4n) is 3.78. The first kappa shape index (κ1) is 20.7. The van der Waals surface area contributed by atoms with Gasteiger partial charge in [-0.15, -0.1) is 0 Å². The number of anilines is 3. The fraction of sp³-hybridized carbons (Fsp3) is 0.304. The van der Waals surface area contributed by atoms with Gasteiger partial charge in [-0.3, -0.25) is 5.32 Å². The molecule has 0 atom stereocenters. The maximum atomic E-state index is 12.2. The highest BCUT2D eigenvalue weighted by Gasteiger charge is 2.23. The molecule has 8 nitrogen and oxygen atoms in total. The van der Waals surface area contributed by atoms with Crippen molar-refractivity contribution in [2.24, 2.45) is 0 Å². The van der Waals surface area contributed by atoms with Crippen LogP contribution in [0.3, 0.4) is 0 Å². The first-order chi connectivity index (χ1) is 15.8. The first-order valence-electron chi connectivity index (χ1n) is 10.7. The molecular weight excluding hydrogens is 424 g/mol. The number of benzene rings is 1. The van der Waals surface area contributed by atoms with Gasteiger partial charge in [-0.1, -0.05) is 18.2 Å². The normalized spacial score (nSPS) is 15.7. The van der Waals surface area contributed by atoms with Crippen LogP contribution in [0.4, 0.5) is 22.1 Å². The van der Waals surface area contributed by atoms with E-state index < -0.39 is 0 Å². The molecule has 0 radical (unpaired) electrons. The van der Waals surface area contributed by atoms with Crippen LogP contribution < -0.4 is 15.5 Å². The second-order valence-electron chi connectivity index (χ2n) is 7.58. The molecule has 0 bridgehead atoms. The summed E-state index contributed by atoms with van der Waals surface area (Å²) in [5.41, 5.74) is 3.92. The molecule has 0 aliphatic carbocycles. The highest BCUT2D eigenvalue weighted by Crippen LogP contribution is 2.33. The Morgan fingerprint density at radius 2 is 1.88 bits per heavy atom. The Balaban J connectivity index is 1.36. The Morgan fingerprint density at radius 3 is 2.66 bits per heavy atom. The third-order valence-corrected chi connectivity index (χ3v) is 6.39. The topological polar surface area (TPSA) is 92.3 Å². The molecule has 9 heteroatoms. The fourth-order valence-corrected chi connectivity index (χ4v) is 4.76. The number of pyridine rings is 1. The van der Waals surface area contributed by atoms with Gasteiger partial charge in [0.25, 0.3) is 0 Å². The number of carbonyl (C=O) groups excluding carboxylic acids is 1. The lowest BCUT2D eigenvalue weighted by molar-refractivity contribution is 0.122. The number of ether oxygens (including phenoxy) is 1. The number of carbonyl (C=O) groups is 1. The van der Waals surface area contributed by atoms with E-state index in [9.17, 15) is 4.79 Å². The molecule has 2 amide bonds. The van der Waals surface area contributed by atoms with Crippen molar-refractivity contribution in [3.05, 3.63) is 59.9 Å². The third kappa shape index (κ3) is 4.68. The lowest BCUT2D eigenvalue weighted by Gasteiger charge is -2.31. The molecule has 164 valence electrons. The number of amides is 2. The van der Waals surface area contributed by atoms with Crippen molar-refractivity contribution < 1.29 is 9.53 Å². The number of aryl methyl sites for hydroxylation is 1. The molecular formula is C23H24N6O2S. The smallest absolute Gasteiger partial charge is 0.324 e. The van der Waals surface area contributed by atoms with Crippen LogP contribution in [-0.4, -0.2) is 53.0 Å². The Bertz CT molecular complexity index is 1090. The Morgan fingerprint density at radius 1 is 1.03 bits per heavy atom. The molecule has 1 fully saturated rings. The van der Waals surface area contributed by atoms with Crippen LogP contribution in [0.25, 0.3) is 11.4 Å². The zero-order valence-electron chi connectivity index (χ0n) is 17.6. The van der Waals surface area contributed by atoms with Crippen LogP contribution in [0.5, 0.6) is 0 Å². The Hall–Kier alpha value is -3.17. The number of hydrogen-bond acceptors (Lipinski definition) is 7. The van der Waals surface area contributed by atoms with Crippen molar-refractivity contribution in [2.45, 2.75) is 12.2 Å². The minimum Gasteiger partial charge on any atom is -0.378 e. The van der Waals surface area contributed by atoms with Crippen molar-refractivity contribution in [2.75, 3.05) is 47.6 Å². The van der Waals surface area contributed by atoms with Crippen LogP contribution in [0.2, 0.25) is 0 Å². The second kappa shape index (κ2) is 9.54. The molecule has 0 unspecified atom stereocenters. The van der Waals surface area contributed by atoms with Gasteiger partial charge in [-0.05, 0) is 36.4 Å². The van der Waals surface area contributed by atoms with E-state index in [4.69, 9.17) is 14.7 Å². The van der Waals surface area contributed by atoms with E-state index >= 15 is 0 Å². The van der Waals surface area contributed by atoms with E-state index in [1.807, 2.05) is 48.2 Å². The van der Waals surface area contributed by atoms with E-state index in [2.05, 4.69) is 20.5 Å². The predicted molar refractivity (Wildman–Crippen MR) is 127 cm³/mol. The quantitative estimate of drug-likeness (QED) is 0.627. The lowest BCUT2D eigenvalue weighted by atomic mass is 10.1. The lowest BCUT2D eigenvalue weighted by Crippen LogP contribution is -2.38. The van der Waals surface area contributed by atoms with Crippen molar-refractivity contribution in [3.8, 4) is 11.4 Å². The summed E-state index contributed by atoms with van der Waals surface area (Å²) in [6.07, 6.45) is 2.65. The van der Waals surface area contributed by atoms with Crippen LogP contribution in [0.15, 0.2) is 48.7 Å².